The third kappa shape index (κ3) is 3.82. The summed E-state index contributed by atoms with van der Waals surface area (Å²) in [4.78, 5) is 12.4. The molecule has 0 saturated heterocycles. The Bertz CT molecular complexity index is 728. The van der Waals surface area contributed by atoms with Gasteiger partial charge in [-0.05, 0) is 38.0 Å². The summed E-state index contributed by atoms with van der Waals surface area (Å²) in [5.41, 5.74) is 1.94. The molecule has 7 heteroatoms. The van der Waals surface area contributed by atoms with Gasteiger partial charge in [-0.3, -0.25) is 4.79 Å². The second kappa shape index (κ2) is 8.06. The highest BCUT2D eigenvalue weighted by molar-refractivity contribution is 6.32. The van der Waals surface area contributed by atoms with Crippen LogP contribution in [0.25, 0.3) is 0 Å². The molecular formula is C17H21ClN2O4. The van der Waals surface area contributed by atoms with E-state index in [9.17, 15) is 4.79 Å². The topological polar surface area (TPSA) is 73.6 Å². The molecule has 1 N–H and O–H groups in total. The zero-order chi connectivity index (χ0) is 17.7. The molecule has 130 valence electrons. The van der Waals surface area contributed by atoms with Gasteiger partial charge in [0.2, 0.25) is 0 Å². The molecule has 2 rings (SSSR count). The van der Waals surface area contributed by atoms with Gasteiger partial charge in [-0.25, -0.2) is 0 Å². The van der Waals surface area contributed by atoms with Crippen molar-refractivity contribution in [2.24, 2.45) is 0 Å². The normalized spacial score (nSPS) is 10.5. The Hall–Kier alpha value is -2.21. The number of nitrogens with one attached hydrogen (secondary N) is 1. The van der Waals surface area contributed by atoms with Crippen LogP contribution in [0, 0.1) is 6.92 Å². The zero-order valence-corrected chi connectivity index (χ0v) is 15.0. The number of halogens is 1. The first-order chi connectivity index (χ1) is 11.5. The number of amides is 1. The maximum atomic E-state index is 12.4. The zero-order valence-electron chi connectivity index (χ0n) is 14.2. The van der Waals surface area contributed by atoms with Crippen molar-refractivity contribution in [3.8, 4) is 11.5 Å². The lowest BCUT2D eigenvalue weighted by molar-refractivity contribution is 0.0948. The molecule has 1 heterocycles. The lowest BCUT2D eigenvalue weighted by atomic mass is 10.1. The van der Waals surface area contributed by atoms with E-state index in [1.54, 1.807) is 26.2 Å². The molecule has 0 aliphatic rings. The fourth-order valence-electron chi connectivity index (χ4n) is 2.38. The molecule has 0 bridgehead atoms. The second-order valence-corrected chi connectivity index (χ2v) is 5.55. The van der Waals surface area contributed by atoms with Gasteiger partial charge >= 0.3 is 0 Å². The maximum Gasteiger partial charge on any atom is 0.257 e. The molecule has 24 heavy (non-hydrogen) atoms. The summed E-state index contributed by atoms with van der Waals surface area (Å²) in [7, 11) is 1.55. The minimum atomic E-state index is -0.227. The van der Waals surface area contributed by atoms with Crippen LogP contribution in [0.1, 0.15) is 41.2 Å². The number of aryl methyl sites for hydroxylation is 2. The molecule has 0 unspecified atom stereocenters. The molecule has 1 aromatic carbocycles. The number of carbonyl (C=O) groups is 1. The highest BCUT2D eigenvalue weighted by Crippen LogP contribution is 2.36. The Morgan fingerprint density at radius 3 is 2.75 bits per heavy atom. The Balaban J connectivity index is 2.15. The van der Waals surface area contributed by atoms with E-state index in [2.05, 4.69) is 10.5 Å². The van der Waals surface area contributed by atoms with E-state index in [1.165, 1.54) is 0 Å². The van der Waals surface area contributed by atoms with Crippen molar-refractivity contribution < 1.29 is 18.8 Å². The molecule has 1 aromatic heterocycles. The number of hydrogen-bond donors (Lipinski definition) is 1. The van der Waals surface area contributed by atoms with Gasteiger partial charge in [-0.15, -0.1) is 0 Å². The van der Waals surface area contributed by atoms with Crippen LogP contribution < -0.4 is 14.8 Å². The Morgan fingerprint density at radius 1 is 1.38 bits per heavy atom. The third-order valence-electron chi connectivity index (χ3n) is 3.53. The Kier molecular flexibility index (Phi) is 6.09. The first-order valence-corrected chi connectivity index (χ1v) is 8.12. The van der Waals surface area contributed by atoms with Crippen molar-refractivity contribution in [2.45, 2.75) is 33.7 Å². The lowest BCUT2D eigenvalue weighted by Crippen LogP contribution is -2.24. The standard InChI is InChI=1S/C17H21ClN2O4/c1-5-13-15(10(3)24-20-13)17(21)19-9-11-7-12(18)16(23-6-2)14(8-11)22-4/h7-8H,5-6,9H2,1-4H3,(H,19,21). The van der Waals surface area contributed by atoms with Crippen molar-refractivity contribution in [1.82, 2.24) is 10.5 Å². The number of nitrogens with zero attached hydrogens (tertiary/aromatic N) is 1. The summed E-state index contributed by atoms with van der Waals surface area (Å²) < 4.78 is 15.9. The van der Waals surface area contributed by atoms with Gasteiger partial charge in [0.1, 0.15) is 11.3 Å². The van der Waals surface area contributed by atoms with Crippen LogP contribution in [0.5, 0.6) is 11.5 Å². The van der Waals surface area contributed by atoms with Crippen molar-refractivity contribution in [2.75, 3.05) is 13.7 Å². The van der Waals surface area contributed by atoms with Crippen LogP contribution in [0.15, 0.2) is 16.7 Å². The van der Waals surface area contributed by atoms with Crippen LogP contribution in [0.4, 0.5) is 0 Å². The van der Waals surface area contributed by atoms with Gasteiger partial charge in [-0.1, -0.05) is 23.7 Å². The molecule has 6 nitrogen and oxygen atoms in total. The molecular weight excluding hydrogens is 332 g/mol. The molecule has 0 aliphatic heterocycles. The summed E-state index contributed by atoms with van der Waals surface area (Å²) in [6.07, 6.45) is 0.628. The third-order valence-corrected chi connectivity index (χ3v) is 3.81. The fraction of sp³-hybridized carbons (Fsp3) is 0.412. The van der Waals surface area contributed by atoms with E-state index < -0.39 is 0 Å². The Morgan fingerprint density at radius 2 is 2.12 bits per heavy atom. The van der Waals surface area contributed by atoms with E-state index in [0.29, 0.717) is 53.1 Å². The highest BCUT2D eigenvalue weighted by Gasteiger charge is 2.19. The molecule has 0 aliphatic carbocycles. The number of methoxy groups -OCH3 is 1. The predicted molar refractivity (Wildman–Crippen MR) is 91.0 cm³/mol. The smallest absolute Gasteiger partial charge is 0.257 e. The molecule has 0 saturated carbocycles. The average Bonchev–Trinajstić information content (AvgIpc) is 2.95. The van der Waals surface area contributed by atoms with E-state index in [1.807, 2.05) is 13.8 Å². The van der Waals surface area contributed by atoms with E-state index in [4.69, 9.17) is 25.6 Å². The largest absolute Gasteiger partial charge is 0.493 e. The van der Waals surface area contributed by atoms with Crippen LogP contribution in [0.2, 0.25) is 5.02 Å². The second-order valence-electron chi connectivity index (χ2n) is 5.14. The first-order valence-electron chi connectivity index (χ1n) is 7.74. The molecule has 0 radical (unpaired) electrons. The van der Waals surface area contributed by atoms with Crippen LogP contribution in [-0.4, -0.2) is 24.8 Å². The number of ether oxygens (including phenoxy) is 2. The molecule has 0 spiro atoms. The number of hydrogen-bond acceptors (Lipinski definition) is 5. The number of benzene rings is 1. The minimum absolute atomic E-state index is 0.227. The summed E-state index contributed by atoms with van der Waals surface area (Å²) >= 11 is 6.24. The average molecular weight is 353 g/mol. The van der Waals surface area contributed by atoms with Gasteiger partial charge in [0.05, 0.1) is 24.4 Å². The van der Waals surface area contributed by atoms with E-state index in [-0.39, 0.29) is 5.91 Å². The van der Waals surface area contributed by atoms with Gasteiger partial charge in [0.15, 0.2) is 11.5 Å². The molecule has 1 amide bonds. The van der Waals surface area contributed by atoms with Gasteiger partial charge in [0, 0.05) is 6.54 Å². The quantitative estimate of drug-likeness (QED) is 0.825. The minimum Gasteiger partial charge on any atom is -0.493 e. The van der Waals surface area contributed by atoms with Gasteiger partial charge < -0.3 is 19.3 Å². The van der Waals surface area contributed by atoms with E-state index in [0.717, 1.165) is 5.56 Å². The first kappa shape index (κ1) is 18.1. The summed E-state index contributed by atoms with van der Waals surface area (Å²) in [5, 5.41) is 7.18. The molecule has 0 fully saturated rings. The van der Waals surface area contributed by atoms with Gasteiger partial charge in [0.25, 0.3) is 5.91 Å². The number of aromatic nitrogens is 1. The molecule has 2 aromatic rings. The van der Waals surface area contributed by atoms with Crippen LogP contribution >= 0.6 is 11.6 Å². The van der Waals surface area contributed by atoms with Gasteiger partial charge in [-0.2, -0.15) is 0 Å². The SMILES string of the molecule is CCOc1c(Cl)cc(CNC(=O)c2c(CC)noc2C)cc1OC. The highest BCUT2D eigenvalue weighted by atomic mass is 35.5. The fourth-order valence-corrected chi connectivity index (χ4v) is 2.67. The van der Waals surface area contributed by atoms with Crippen molar-refractivity contribution in [1.29, 1.82) is 0 Å². The predicted octanol–water partition coefficient (Wildman–Crippen LogP) is 3.54. The lowest BCUT2D eigenvalue weighted by Gasteiger charge is -2.13. The van der Waals surface area contributed by atoms with Crippen LogP contribution in [0.3, 0.4) is 0 Å². The Labute approximate surface area is 146 Å². The summed E-state index contributed by atoms with van der Waals surface area (Å²) in [6.45, 7) is 6.30. The summed E-state index contributed by atoms with van der Waals surface area (Å²) in [5.74, 6) is 1.31. The van der Waals surface area contributed by atoms with Crippen molar-refractivity contribution in [3.63, 3.8) is 0 Å². The molecule has 0 atom stereocenters. The summed E-state index contributed by atoms with van der Waals surface area (Å²) in [6, 6.07) is 3.54. The monoisotopic (exact) mass is 352 g/mol. The van der Waals surface area contributed by atoms with E-state index >= 15 is 0 Å². The van der Waals surface area contributed by atoms with Crippen LogP contribution in [-0.2, 0) is 13.0 Å². The van der Waals surface area contributed by atoms with Crippen molar-refractivity contribution >= 4 is 17.5 Å². The number of rotatable bonds is 7. The number of carbonyl (C=O) groups excluding carboxylic acids is 1. The van der Waals surface area contributed by atoms with Crippen molar-refractivity contribution in [3.05, 3.63) is 39.7 Å². The maximum absolute atomic E-state index is 12.4.